The quantitative estimate of drug-likeness (QED) is 0.839. The lowest BCUT2D eigenvalue weighted by Crippen LogP contribution is -2.36. The number of nitrogens with two attached hydrogens (primary N) is 1. The van der Waals surface area contributed by atoms with Crippen LogP contribution in [0, 0.1) is 0 Å². The molecule has 0 radical (unpaired) electrons. The summed E-state index contributed by atoms with van der Waals surface area (Å²) in [4.78, 5) is 4.42. The molecule has 2 rings (SSSR count). The zero-order chi connectivity index (χ0) is 13.3. The van der Waals surface area contributed by atoms with Crippen molar-refractivity contribution in [1.82, 2.24) is 10.1 Å². The van der Waals surface area contributed by atoms with Crippen molar-refractivity contribution in [3.05, 3.63) is 19.5 Å². The number of thiophene rings is 1. The minimum absolute atomic E-state index is 0.496. The highest BCUT2D eigenvalue weighted by molar-refractivity contribution is 9.12. The topological polar surface area (TPSA) is 64.9 Å². The van der Waals surface area contributed by atoms with E-state index in [4.69, 9.17) is 10.3 Å². The van der Waals surface area contributed by atoms with E-state index in [9.17, 15) is 0 Å². The Morgan fingerprint density at radius 2 is 2.06 bits per heavy atom. The van der Waals surface area contributed by atoms with Gasteiger partial charge in [0, 0.05) is 0 Å². The van der Waals surface area contributed by atoms with Gasteiger partial charge in [-0.15, -0.1) is 11.3 Å². The summed E-state index contributed by atoms with van der Waals surface area (Å²) in [5.74, 6) is 1.06. The van der Waals surface area contributed by atoms with Crippen LogP contribution in [0.1, 0.15) is 32.5 Å². The zero-order valence-corrected chi connectivity index (χ0v) is 14.0. The van der Waals surface area contributed by atoms with Crippen LogP contribution in [0.2, 0.25) is 0 Å². The Labute approximate surface area is 126 Å². The minimum Gasteiger partial charge on any atom is -0.334 e. The van der Waals surface area contributed by atoms with E-state index >= 15 is 0 Å². The van der Waals surface area contributed by atoms with Crippen molar-refractivity contribution in [2.45, 2.75) is 32.2 Å². The van der Waals surface area contributed by atoms with Crippen LogP contribution >= 0.6 is 43.2 Å². The summed E-state index contributed by atoms with van der Waals surface area (Å²) in [6.07, 6.45) is 1.55. The molecule has 2 aromatic heterocycles. The Bertz CT molecular complexity index is 548. The van der Waals surface area contributed by atoms with Gasteiger partial charge in [-0.05, 0) is 50.8 Å². The van der Waals surface area contributed by atoms with E-state index in [2.05, 4.69) is 42.0 Å². The summed E-state index contributed by atoms with van der Waals surface area (Å²) in [5, 5.41) is 4.01. The first kappa shape index (κ1) is 14.2. The number of aromatic nitrogens is 2. The Kier molecular flexibility index (Phi) is 4.25. The van der Waals surface area contributed by atoms with Gasteiger partial charge in [0.1, 0.15) is 0 Å². The van der Waals surface area contributed by atoms with Gasteiger partial charge in [0.15, 0.2) is 5.82 Å². The normalized spacial score (nSPS) is 12.1. The second-order valence-corrected chi connectivity index (χ2v) is 7.77. The van der Waals surface area contributed by atoms with E-state index < -0.39 is 5.54 Å². The van der Waals surface area contributed by atoms with Gasteiger partial charge in [0.25, 0.3) is 5.89 Å². The van der Waals surface area contributed by atoms with Gasteiger partial charge in [-0.25, -0.2) is 0 Å². The molecule has 0 spiro atoms. The lowest BCUT2D eigenvalue weighted by atomic mass is 9.93. The van der Waals surface area contributed by atoms with E-state index in [0.29, 0.717) is 11.7 Å². The molecule has 7 heteroatoms. The number of rotatable bonds is 4. The van der Waals surface area contributed by atoms with Gasteiger partial charge in [0.05, 0.1) is 18.7 Å². The van der Waals surface area contributed by atoms with Crippen LogP contribution < -0.4 is 5.73 Å². The molecule has 0 unspecified atom stereocenters. The summed E-state index contributed by atoms with van der Waals surface area (Å²) in [5.41, 5.74) is 6.63. The molecule has 0 aromatic carbocycles. The third kappa shape index (κ3) is 2.54. The molecule has 98 valence electrons. The van der Waals surface area contributed by atoms with Crippen molar-refractivity contribution in [3.63, 3.8) is 0 Å². The maximum atomic E-state index is 6.25. The second-order valence-electron chi connectivity index (χ2n) is 4.02. The largest absolute Gasteiger partial charge is 0.334 e. The highest BCUT2D eigenvalue weighted by Crippen LogP contribution is 2.38. The highest BCUT2D eigenvalue weighted by Gasteiger charge is 2.29. The van der Waals surface area contributed by atoms with Crippen LogP contribution in [0.4, 0.5) is 0 Å². The minimum atomic E-state index is -0.512. The predicted molar refractivity (Wildman–Crippen MR) is 79.5 cm³/mol. The molecular weight excluding hydrogens is 382 g/mol. The third-order valence-electron chi connectivity index (χ3n) is 3.02. The Hall–Kier alpha value is -0.240. The average Bonchev–Trinajstić information content (AvgIpc) is 2.95. The fourth-order valence-corrected chi connectivity index (χ4v) is 4.36. The maximum absolute atomic E-state index is 6.25. The van der Waals surface area contributed by atoms with Crippen LogP contribution in [0.25, 0.3) is 11.5 Å². The lowest BCUT2D eigenvalue weighted by molar-refractivity contribution is 0.350. The van der Waals surface area contributed by atoms with Gasteiger partial charge in [-0.1, -0.05) is 19.0 Å². The molecule has 18 heavy (non-hydrogen) atoms. The van der Waals surface area contributed by atoms with Crippen molar-refractivity contribution >= 4 is 43.2 Å². The molecule has 0 bridgehead atoms. The van der Waals surface area contributed by atoms with Crippen molar-refractivity contribution in [1.29, 1.82) is 0 Å². The van der Waals surface area contributed by atoms with Crippen LogP contribution in [-0.2, 0) is 5.54 Å². The molecule has 2 heterocycles. The maximum Gasteiger partial charge on any atom is 0.260 e. The molecule has 0 fully saturated rings. The van der Waals surface area contributed by atoms with Gasteiger partial charge < -0.3 is 10.3 Å². The Balaban J connectivity index is 2.39. The standard InChI is InChI=1S/C11H13Br2N3OS/c1-3-11(14,4-2)10-15-9(17-16-10)6-5-7(12)18-8(6)13/h5H,3-4,14H2,1-2H3. The van der Waals surface area contributed by atoms with E-state index in [1.165, 1.54) is 0 Å². The second kappa shape index (κ2) is 5.40. The van der Waals surface area contributed by atoms with Crippen LogP contribution in [0.15, 0.2) is 18.2 Å². The molecule has 0 aliphatic rings. The van der Waals surface area contributed by atoms with Crippen LogP contribution in [-0.4, -0.2) is 10.1 Å². The van der Waals surface area contributed by atoms with Crippen molar-refractivity contribution in [2.75, 3.05) is 0 Å². The molecule has 2 N–H and O–H groups in total. The molecule has 0 atom stereocenters. The lowest BCUT2D eigenvalue weighted by Gasteiger charge is -2.21. The summed E-state index contributed by atoms with van der Waals surface area (Å²) >= 11 is 8.47. The molecule has 4 nitrogen and oxygen atoms in total. The smallest absolute Gasteiger partial charge is 0.260 e. The monoisotopic (exact) mass is 393 g/mol. The summed E-state index contributed by atoms with van der Waals surface area (Å²) in [6, 6.07) is 1.95. The first-order valence-corrected chi connectivity index (χ1v) is 7.98. The first-order valence-electron chi connectivity index (χ1n) is 5.58. The third-order valence-corrected chi connectivity index (χ3v) is 5.36. The van der Waals surface area contributed by atoms with E-state index in [-0.39, 0.29) is 0 Å². The van der Waals surface area contributed by atoms with Crippen molar-refractivity contribution in [3.8, 4) is 11.5 Å². The SMILES string of the molecule is CCC(N)(CC)c1noc(-c2cc(Br)sc2Br)n1. The Morgan fingerprint density at radius 3 is 2.56 bits per heavy atom. The van der Waals surface area contributed by atoms with Crippen LogP contribution in [0.5, 0.6) is 0 Å². The van der Waals surface area contributed by atoms with E-state index in [0.717, 1.165) is 26.0 Å². The zero-order valence-electron chi connectivity index (χ0n) is 10.0. The fourth-order valence-electron chi connectivity index (χ4n) is 1.59. The molecule has 0 amide bonds. The average molecular weight is 395 g/mol. The number of hydrogen-bond acceptors (Lipinski definition) is 5. The molecule has 0 saturated carbocycles. The first-order chi connectivity index (χ1) is 8.50. The van der Waals surface area contributed by atoms with Gasteiger partial charge >= 0.3 is 0 Å². The summed E-state index contributed by atoms with van der Waals surface area (Å²) < 4.78 is 7.28. The molecule has 0 aliphatic heterocycles. The molecule has 2 aromatic rings. The number of nitrogens with zero attached hydrogens (tertiary/aromatic N) is 2. The number of halogens is 2. The van der Waals surface area contributed by atoms with Gasteiger partial charge in [-0.2, -0.15) is 4.98 Å². The summed E-state index contributed by atoms with van der Waals surface area (Å²) in [7, 11) is 0. The Morgan fingerprint density at radius 1 is 1.39 bits per heavy atom. The van der Waals surface area contributed by atoms with Crippen LogP contribution in [0.3, 0.4) is 0 Å². The number of hydrogen-bond donors (Lipinski definition) is 1. The van der Waals surface area contributed by atoms with Crippen molar-refractivity contribution in [2.24, 2.45) is 5.73 Å². The van der Waals surface area contributed by atoms with Gasteiger partial charge in [0.2, 0.25) is 0 Å². The van der Waals surface area contributed by atoms with E-state index in [1.54, 1.807) is 11.3 Å². The fraction of sp³-hybridized carbons (Fsp3) is 0.455. The molecule has 0 saturated heterocycles. The highest BCUT2D eigenvalue weighted by atomic mass is 79.9. The van der Waals surface area contributed by atoms with E-state index in [1.807, 2.05) is 19.9 Å². The molecule has 0 aliphatic carbocycles. The summed E-state index contributed by atoms with van der Waals surface area (Å²) in [6.45, 7) is 4.05. The predicted octanol–water partition coefficient (Wildman–Crippen LogP) is 4.30. The van der Waals surface area contributed by atoms with Crippen molar-refractivity contribution < 1.29 is 4.52 Å². The molecular formula is C11H13Br2N3OS. The van der Waals surface area contributed by atoms with Gasteiger partial charge in [-0.3, -0.25) is 0 Å².